The molecule has 1 unspecified atom stereocenters. The van der Waals surface area contributed by atoms with Crippen LogP contribution in [0.3, 0.4) is 0 Å². The number of thiophene rings is 1. The smallest absolute Gasteiger partial charge is 0.411 e. The summed E-state index contributed by atoms with van der Waals surface area (Å²) in [6.07, 6.45) is 4.45. The largest absolute Gasteiger partial charge is 0.477 e. The molecule has 0 saturated heterocycles. The van der Waals surface area contributed by atoms with Crippen molar-refractivity contribution in [3.05, 3.63) is 59.2 Å². The number of carbonyl (C=O) groups is 2. The van der Waals surface area contributed by atoms with E-state index in [4.69, 9.17) is 4.74 Å². The van der Waals surface area contributed by atoms with Crippen molar-refractivity contribution in [2.24, 2.45) is 5.92 Å². The fourth-order valence-corrected chi connectivity index (χ4v) is 8.40. The first-order chi connectivity index (χ1) is 19.6. The van der Waals surface area contributed by atoms with E-state index in [1.165, 1.54) is 18.2 Å². The number of carboxylic acids is 1. The van der Waals surface area contributed by atoms with Crippen molar-refractivity contribution < 1.29 is 32.9 Å². The minimum absolute atomic E-state index is 0.00524. The van der Waals surface area contributed by atoms with E-state index < -0.39 is 28.7 Å². The second-order valence-corrected chi connectivity index (χ2v) is 13.4. The summed E-state index contributed by atoms with van der Waals surface area (Å²) in [7, 11) is -1.85. The Morgan fingerprint density at radius 1 is 1.12 bits per heavy atom. The highest BCUT2D eigenvalue weighted by Crippen LogP contribution is 2.60. The molecule has 12 heteroatoms. The van der Waals surface area contributed by atoms with Gasteiger partial charge < -0.3 is 14.7 Å². The molecular weight excluding hydrogens is 569 g/mol. The average molecular weight is 604 g/mol. The maximum Gasteiger partial charge on any atom is 0.411 e. The summed E-state index contributed by atoms with van der Waals surface area (Å²) < 4.78 is 46.0. The maximum atomic E-state index is 16.0. The Labute approximate surface area is 244 Å². The predicted octanol–water partition coefficient (Wildman–Crippen LogP) is 7.88. The van der Waals surface area contributed by atoms with E-state index in [1.807, 2.05) is 35.2 Å². The predicted molar refractivity (Wildman–Crippen MR) is 160 cm³/mol. The molecule has 1 aromatic heterocycles. The van der Waals surface area contributed by atoms with Gasteiger partial charge in [-0.15, -0.1) is 22.1 Å². The molecule has 220 valence electrons. The fourth-order valence-electron chi connectivity index (χ4n) is 5.78. The molecular formula is C29H34FN3O6S2. The van der Waals surface area contributed by atoms with E-state index in [0.717, 1.165) is 49.1 Å². The minimum Gasteiger partial charge on any atom is -0.477 e. The van der Waals surface area contributed by atoms with Gasteiger partial charge >= 0.3 is 12.1 Å². The molecule has 1 atom stereocenters. The van der Waals surface area contributed by atoms with E-state index >= 15 is 4.39 Å². The summed E-state index contributed by atoms with van der Waals surface area (Å²) in [6, 6.07) is 13.4. The van der Waals surface area contributed by atoms with E-state index in [-0.39, 0.29) is 44.5 Å². The number of nitrogens with zero attached hydrogens (tertiary/aromatic N) is 2. The number of likely N-dealkylation sites (N-methyl/N-ethyl adjacent to an activating group) is 1. The number of carbonyl (C=O) groups excluding carboxylic acids is 1. The third kappa shape index (κ3) is 5.80. The first-order valence-electron chi connectivity index (χ1n) is 13.6. The van der Waals surface area contributed by atoms with Crippen molar-refractivity contribution in [3.8, 4) is 10.4 Å². The number of hydrogen-bond acceptors (Lipinski definition) is 8. The molecule has 2 heterocycles. The highest BCUT2D eigenvalue weighted by Gasteiger charge is 2.41. The van der Waals surface area contributed by atoms with Crippen LogP contribution >= 0.6 is 22.1 Å². The first kappa shape index (κ1) is 29.3. The van der Waals surface area contributed by atoms with E-state index in [2.05, 4.69) is 5.32 Å². The Bertz CT molecular complexity index is 1430. The van der Waals surface area contributed by atoms with Gasteiger partial charge in [0, 0.05) is 41.8 Å². The van der Waals surface area contributed by atoms with Crippen molar-refractivity contribution in [1.29, 1.82) is 0 Å². The number of rotatable bonds is 6. The average Bonchev–Trinajstić information content (AvgIpc) is 3.34. The zero-order chi connectivity index (χ0) is 29.3. The summed E-state index contributed by atoms with van der Waals surface area (Å²) in [6.45, 7) is 2.16. The maximum absolute atomic E-state index is 16.0. The van der Waals surface area contributed by atoms with Gasteiger partial charge in [-0.2, -0.15) is 4.31 Å². The molecule has 2 aromatic carbocycles. The molecule has 41 heavy (non-hydrogen) atoms. The standard InChI is InChI=1S/C29H34FN3O6S2/c1-3-39-29(36)31-22-16-25(40-27(22)28(34)35)20-14-26-23(15-21(20)30)33(19-12-8-5-9-13-19)17-24(32(2)41(26,37)38)18-10-6-4-7-11-18/h5,8-9,12-16,18,24,37-38H,3-4,6-7,10-11,17H2,1-2H3,(H,31,36)(H,34,35). The molecule has 1 aliphatic carbocycles. The van der Waals surface area contributed by atoms with Crippen molar-refractivity contribution in [2.45, 2.75) is 50.0 Å². The van der Waals surface area contributed by atoms with Crippen LogP contribution in [0.2, 0.25) is 0 Å². The number of fused-ring (bicyclic) bond motifs is 1. The zero-order valence-corrected chi connectivity index (χ0v) is 24.5. The molecule has 0 spiro atoms. The van der Waals surface area contributed by atoms with Crippen molar-refractivity contribution >= 4 is 51.2 Å². The molecule has 1 aliphatic heterocycles. The normalized spacial score (nSPS) is 20.1. The van der Waals surface area contributed by atoms with Gasteiger partial charge in [-0.1, -0.05) is 37.5 Å². The number of halogens is 1. The molecule has 1 amide bonds. The Morgan fingerprint density at radius 3 is 2.49 bits per heavy atom. The number of amides is 1. The lowest BCUT2D eigenvalue weighted by Gasteiger charge is -2.46. The number of nitrogens with one attached hydrogen (secondary N) is 1. The second-order valence-electron chi connectivity index (χ2n) is 10.3. The lowest BCUT2D eigenvalue weighted by atomic mass is 9.83. The Balaban J connectivity index is 1.64. The molecule has 4 N–H and O–H groups in total. The number of anilines is 3. The van der Waals surface area contributed by atoms with Crippen molar-refractivity contribution in [2.75, 3.05) is 30.4 Å². The highest BCUT2D eigenvalue weighted by atomic mass is 32.3. The fraction of sp³-hybridized carbons (Fsp3) is 0.379. The summed E-state index contributed by atoms with van der Waals surface area (Å²) >= 11 is 0.781. The minimum atomic E-state index is -3.57. The molecule has 9 nitrogen and oxygen atoms in total. The molecule has 2 aliphatic rings. The monoisotopic (exact) mass is 603 g/mol. The molecule has 5 rings (SSSR count). The van der Waals surface area contributed by atoms with Gasteiger partial charge in [0.2, 0.25) is 0 Å². The number of para-hydroxylation sites is 1. The van der Waals surface area contributed by atoms with Crippen LogP contribution in [0.15, 0.2) is 53.4 Å². The van der Waals surface area contributed by atoms with Crippen LogP contribution in [0.1, 0.15) is 48.7 Å². The number of hydrogen-bond donors (Lipinski definition) is 4. The van der Waals surface area contributed by atoms with E-state index in [9.17, 15) is 23.8 Å². The lowest BCUT2D eigenvalue weighted by Crippen LogP contribution is -2.45. The van der Waals surface area contributed by atoms with Crippen LogP contribution in [0, 0.1) is 11.7 Å². The van der Waals surface area contributed by atoms with Crippen LogP contribution in [-0.2, 0) is 4.74 Å². The van der Waals surface area contributed by atoms with Crippen molar-refractivity contribution in [3.63, 3.8) is 0 Å². The Morgan fingerprint density at radius 2 is 1.83 bits per heavy atom. The summed E-state index contributed by atoms with van der Waals surface area (Å²) in [5.41, 5.74) is 1.13. The summed E-state index contributed by atoms with van der Waals surface area (Å²) in [5, 5.41) is 12.1. The Hall–Kier alpha value is -3.16. The molecule has 1 fully saturated rings. The van der Waals surface area contributed by atoms with Crippen LogP contribution in [-0.4, -0.2) is 56.8 Å². The topological polar surface area (TPSA) is 123 Å². The molecule has 3 aromatic rings. The van der Waals surface area contributed by atoms with Gasteiger partial charge in [0.25, 0.3) is 0 Å². The molecule has 0 bridgehead atoms. The van der Waals surface area contributed by atoms with E-state index in [0.29, 0.717) is 12.2 Å². The third-order valence-electron chi connectivity index (χ3n) is 7.84. The second kappa shape index (κ2) is 12.0. The summed E-state index contributed by atoms with van der Waals surface area (Å²) in [5.74, 6) is -1.70. The quantitative estimate of drug-likeness (QED) is 0.224. The third-order valence-corrected chi connectivity index (χ3v) is 11.0. The van der Waals surface area contributed by atoms with Gasteiger partial charge in [0.05, 0.1) is 22.9 Å². The van der Waals surface area contributed by atoms with Crippen LogP contribution < -0.4 is 10.2 Å². The van der Waals surface area contributed by atoms with Gasteiger partial charge in [-0.3, -0.25) is 14.4 Å². The highest BCUT2D eigenvalue weighted by molar-refractivity contribution is 8.22. The van der Waals surface area contributed by atoms with Gasteiger partial charge in [-0.05, 0) is 49.9 Å². The van der Waals surface area contributed by atoms with Crippen LogP contribution in [0.4, 0.5) is 26.2 Å². The number of benzene rings is 2. The lowest BCUT2D eigenvalue weighted by molar-refractivity contribution is 0.0703. The number of aromatic carboxylic acids is 1. The molecule has 0 radical (unpaired) electrons. The van der Waals surface area contributed by atoms with Gasteiger partial charge in [0.15, 0.2) is 0 Å². The van der Waals surface area contributed by atoms with Crippen LogP contribution in [0.25, 0.3) is 10.4 Å². The first-order valence-corrected chi connectivity index (χ1v) is 15.9. The van der Waals surface area contributed by atoms with Gasteiger partial charge in [0.1, 0.15) is 10.7 Å². The molecule has 1 saturated carbocycles. The number of ether oxygens (including phenoxy) is 1. The van der Waals surface area contributed by atoms with Crippen molar-refractivity contribution in [1.82, 2.24) is 4.31 Å². The SMILES string of the molecule is CCOC(=O)Nc1cc(-c2cc3c(cc2F)N(c2ccccc2)CC(C2CCCCC2)N(C)S3(O)O)sc1C(=O)O. The Kier molecular flexibility index (Phi) is 8.57. The van der Waals surface area contributed by atoms with E-state index in [1.54, 1.807) is 18.3 Å². The number of carboxylic acid groups (broad SMARTS) is 1. The zero-order valence-electron chi connectivity index (χ0n) is 22.9. The summed E-state index contributed by atoms with van der Waals surface area (Å²) in [4.78, 5) is 26.1. The van der Waals surface area contributed by atoms with Crippen LogP contribution in [0.5, 0.6) is 0 Å². The van der Waals surface area contributed by atoms with Gasteiger partial charge in [-0.25, -0.2) is 14.0 Å².